The number of hydrogen-bond donors (Lipinski definition) is 0. The van der Waals surface area contributed by atoms with Crippen LogP contribution in [0.25, 0.3) is 0 Å². The van der Waals surface area contributed by atoms with E-state index in [9.17, 15) is 4.79 Å². The lowest BCUT2D eigenvalue weighted by Gasteiger charge is -2.24. The Balaban J connectivity index is 1.77. The smallest absolute Gasteiger partial charge is 0.164 e. The minimum atomic E-state index is -0.301. The topological polar surface area (TPSA) is 35.5 Å². The highest BCUT2D eigenvalue weighted by Crippen LogP contribution is 2.22. The van der Waals surface area contributed by atoms with Gasteiger partial charge in [0.15, 0.2) is 5.78 Å². The van der Waals surface area contributed by atoms with Gasteiger partial charge in [-0.15, -0.1) is 0 Å². The summed E-state index contributed by atoms with van der Waals surface area (Å²) in [5.41, 5.74) is 0. The maximum Gasteiger partial charge on any atom is 0.164 e. The third-order valence-electron chi connectivity index (χ3n) is 3.04. The molecule has 0 amide bonds. The summed E-state index contributed by atoms with van der Waals surface area (Å²) in [6, 6.07) is 0. The summed E-state index contributed by atoms with van der Waals surface area (Å²) in [7, 11) is 0. The predicted molar refractivity (Wildman–Crippen MR) is 56.7 cm³/mol. The fraction of sp³-hybridized carbons (Fsp3) is 0.750. The maximum absolute atomic E-state index is 11.8. The second-order valence-corrected chi connectivity index (χ2v) is 4.26. The molecule has 3 nitrogen and oxygen atoms in total. The minimum Gasteiger partial charge on any atom is -0.376 e. The van der Waals surface area contributed by atoms with Gasteiger partial charge in [0.05, 0.1) is 19.8 Å². The Hall–Kier alpha value is -0.670. The van der Waals surface area contributed by atoms with Crippen molar-refractivity contribution in [1.29, 1.82) is 0 Å². The van der Waals surface area contributed by atoms with E-state index >= 15 is 0 Å². The first-order valence-corrected chi connectivity index (χ1v) is 5.73. The van der Waals surface area contributed by atoms with E-state index in [-0.39, 0.29) is 11.9 Å². The van der Waals surface area contributed by atoms with E-state index in [1.54, 1.807) is 0 Å². The van der Waals surface area contributed by atoms with E-state index < -0.39 is 0 Å². The first kappa shape index (κ1) is 10.8. The van der Waals surface area contributed by atoms with Crippen LogP contribution >= 0.6 is 0 Å². The van der Waals surface area contributed by atoms with Crippen molar-refractivity contribution in [3.63, 3.8) is 0 Å². The molecular formula is C12H18O3. The van der Waals surface area contributed by atoms with E-state index in [1.807, 2.05) is 0 Å². The van der Waals surface area contributed by atoms with Crippen LogP contribution in [0.5, 0.6) is 0 Å². The number of hydrogen-bond acceptors (Lipinski definition) is 3. The van der Waals surface area contributed by atoms with Crippen LogP contribution in [-0.4, -0.2) is 31.7 Å². The highest BCUT2D eigenvalue weighted by atomic mass is 16.6. The molecule has 0 saturated carbocycles. The van der Waals surface area contributed by atoms with E-state index in [1.165, 1.54) is 0 Å². The Morgan fingerprint density at radius 3 is 2.93 bits per heavy atom. The summed E-state index contributed by atoms with van der Waals surface area (Å²) in [5.74, 6) is 0.739. The third kappa shape index (κ3) is 3.14. The summed E-state index contributed by atoms with van der Waals surface area (Å²) in [4.78, 5) is 11.8. The van der Waals surface area contributed by atoms with Crippen molar-refractivity contribution in [2.75, 3.05) is 19.8 Å². The Morgan fingerprint density at radius 2 is 2.27 bits per heavy atom. The van der Waals surface area contributed by atoms with Crippen LogP contribution in [0.4, 0.5) is 0 Å². The zero-order valence-corrected chi connectivity index (χ0v) is 8.98. The lowest BCUT2D eigenvalue weighted by molar-refractivity contribution is -0.146. The van der Waals surface area contributed by atoms with Gasteiger partial charge in [0, 0.05) is 6.42 Å². The molecule has 0 aromatic carbocycles. The lowest BCUT2D eigenvalue weighted by Crippen LogP contribution is -2.36. The van der Waals surface area contributed by atoms with Crippen molar-refractivity contribution in [1.82, 2.24) is 0 Å². The molecule has 2 atom stereocenters. The number of rotatable bonds is 3. The minimum absolute atomic E-state index is 0.218. The van der Waals surface area contributed by atoms with Crippen molar-refractivity contribution in [2.24, 2.45) is 5.92 Å². The standard InChI is InChI=1S/C12H18O3/c13-11(12-9-14-6-7-15-12)8-10-4-2-1-3-5-10/h1-2,10,12H,3-9H2. The van der Waals surface area contributed by atoms with Crippen LogP contribution in [0.2, 0.25) is 0 Å². The second kappa shape index (κ2) is 5.42. The zero-order valence-electron chi connectivity index (χ0n) is 8.98. The summed E-state index contributed by atoms with van der Waals surface area (Å²) >= 11 is 0. The molecule has 0 bridgehead atoms. The van der Waals surface area contributed by atoms with Crippen LogP contribution < -0.4 is 0 Å². The molecule has 1 fully saturated rings. The van der Waals surface area contributed by atoms with Gasteiger partial charge in [0.25, 0.3) is 0 Å². The van der Waals surface area contributed by atoms with Gasteiger partial charge in [0.1, 0.15) is 6.10 Å². The fourth-order valence-electron chi connectivity index (χ4n) is 2.13. The number of ether oxygens (including phenoxy) is 2. The van der Waals surface area contributed by atoms with Crippen molar-refractivity contribution < 1.29 is 14.3 Å². The summed E-state index contributed by atoms with van der Waals surface area (Å²) in [6.07, 6.45) is 8.01. The largest absolute Gasteiger partial charge is 0.376 e. The molecule has 84 valence electrons. The molecule has 0 spiro atoms. The van der Waals surface area contributed by atoms with Crippen LogP contribution in [0.1, 0.15) is 25.7 Å². The Labute approximate surface area is 90.4 Å². The average Bonchev–Trinajstić information content (AvgIpc) is 2.31. The van der Waals surface area contributed by atoms with Crippen LogP contribution in [0.15, 0.2) is 12.2 Å². The molecule has 1 aliphatic heterocycles. The average molecular weight is 210 g/mol. The molecule has 1 aliphatic carbocycles. The van der Waals surface area contributed by atoms with Crippen molar-refractivity contribution in [3.05, 3.63) is 12.2 Å². The van der Waals surface area contributed by atoms with Crippen LogP contribution in [-0.2, 0) is 14.3 Å². The SMILES string of the molecule is O=C(CC1CC=CCC1)C1COCCO1. The van der Waals surface area contributed by atoms with Gasteiger partial charge in [-0.2, -0.15) is 0 Å². The van der Waals surface area contributed by atoms with Crippen LogP contribution in [0, 0.1) is 5.92 Å². The van der Waals surface area contributed by atoms with Gasteiger partial charge in [-0.1, -0.05) is 12.2 Å². The molecule has 0 aromatic heterocycles. The monoisotopic (exact) mass is 210 g/mol. The molecule has 0 radical (unpaired) electrons. The molecule has 1 saturated heterocycles. The first-order chi connectivity index (χ1) is 7.36. The van der Waals surface area contributed by atoms with Crippen molar-refractivity contribution in [2.45, 2.75) is 31.8 Å². The summed E-state index contributed by atoms with van der Waals surface area (Å²) in [5, 5.41) is 0. The molecule has 2 rings (SSSR count). The molecule has 3 heteroatoms. The predicted octanol–water partition coefficient (Wildman–Crippen LogP) is 1.72. The normalized spacial score (nSPS) is 31.5. The second-order valence-electron chi connectivity index (χ2n) is 4.26. The molecule has 1 heterocycles. The Morgan fingerprint density at radius 1 is 1.33 bits per heavy atom. The van der Waals surface area contributed by atoms with Crippen LogP contribution in [0.3, 0.4) is 0 Å². The van der Waals surface area contributed by atoms with E-state index in [2.05, 4.69) is 12.2 Å². The molecule has 0 N–H and O–H groups in total. The van der Waals surface area contributed by atoms with E-state index in [0.29, 0.717) is 32.2 Å². The lowest BCUT2D eigenvalue weighted by atomic mass is 9.89. The molecule has 15 heavy (non-hydrogen) atoms. The quantitative estimate of drug-likeness (QED) is 0.665. The van der Waals surface area contributed by atoms with Gasteiger partial charge in [-0.25, -0.2) is 0 Å². The first-order valence-electron chi connectivity index (χ1n) is 5.73. The van der Waals surface area contributed by atoms with E-state index in [4.69, 9.17) is 9.47 Å². The fourth-order valence-corrected chi connectivity index (χ4v) is 2.13. The number of Topliss-reactive ketones (excluding diaryl/α,β-unsaturated/α-hetero) is 1. The van der Waals surface area contributed by atoms with Gasteiger partial charge in [-0.05, 0) is 25.2 Å². The van der Waals surface area contributed by atoms with Gasteiger partial charge in [0.2, 0.25) is 0 Å². The number of carbonyl (C=O) groups is 1. The van der Waals surface area contributed by atoms with Gasteiger partial charge in [-0.3, -0.25) is 4.79 Å². The molecule has 2 unspecified atom stereocenters. The Kier molecular flexibility index (Phi) is 3.92. The molecule has 0 aromatic rings. The number of ketones is 1. The third-order valence-corrected chi connectivity index (χ3v) is 3.04. The summed E-state index contributed by atoms with van der Waals surface area (Å²) < 4.78 is 10.6. The van der Waals surface area contributed by atoms with Gasteiger partial charge < -0.3 is 9.47 Å². The summed E-state index contributed by atoms with van der Waals surface area (Å²) in [6.45, 7) is 1.62. The number of carbonyl (C=O) groups excluding carboxylic acids is 1. The van der Waals surface area contributed by atoms with Crippen molar-refractivity contribution in [3.8, 4) is 0 Å². The molecular weight excluding hydrogens is 192 g/mol. The van der Waals surface area contributed by atoms with Crippen molar-refractivity contribution >= 4 is 5.78 Å². The highest BCUT2D eigenvalue weighted by Gasteiger charge is 2.25. The highest BCUT2D eigenvalue weighted by molar-refractivity contribution is 5.83. The van der Waals surface area contributed by atoms with Gasteiger partial charge >= 0.3 is 0 Å². The molecule has 2 aliphatic rings. The van der Waals surface area contributed by atoms with E-state index in [0.717, 1.165) is 19.3 Å². The maximum atomic E-state index is 11.8. The Bertz CT molecular complexity index is 241. The number of allylic oxidation sites excluding steroid dienone is 2. The zero-order chi connectivity index (χ0) is 10.5.